The Hall–Kier alpha value is 0.132. The van der Waals surface area contributed by atoms with Gasteiger partial charge in [0.2, 0.25) is 0 Å². The second kappa shape index (κ2) is 7.79. The topological polar surface area (TPSA) is 9.23 Å². The molecule has 1 aromatic rings. The molecule has 0 radical (unpaired) electrons. The van der Waals surface area contributed by atoms with E-state index in [0.29, 0.717) is 0 Å². The van der Waals surface area contributed by atoms with Crippen molar-refractivity contribution in [3.8, 4) is 5.75 Å². The lowest BCUT2D eigenvalue weighted by Crippen LogP contribution is -2.34. The Balaban J connectivity index is 3.31. The molecular weight excluding hydrogens is 354 g/mol. The molecule has 0 bridgehead atoms. The van der Waals surface area contributed by atoms with Crippen LogP contribution in [0.4, 0.5) is 0 Å². The van der Waals surface area contributed by atoms with Crippen molar-refractivity contribution in [1.29, 1.82) is 0 Å². The molecule has 1 atom stereocenters. The Kier molecular flexibility index (Phi) is 7.20. The summed E-state index contributed by atoms with van der Waals surface area (Å²) in [6.07, 6.45) is 0.0192. The van der Waals surface area contributed by atoms with E-state index >= 15 is 0 Å². The number of rotatable bonds is 4. The molecule has 4 heteroatoms. The number of benzene rings is 1. The third-order valence-electron chi connectivity index (χ3n) is 4.28. The minimum absolute atomic E-state index is 0.00706. The first kappa shape index (κ1) is 22.2. The largest absolute Gasteiger partial charge is 0.523 e. The summed E-state index contributed by atoms with van der Waals surface area (Å²) in [7, 11) is 12.4. The van der Waals surface area contributed by atoms with Gasteiger partial charge in [0, 0.05) is 0 Å². The summed E-state index contributed by atoms with van der Waals surface area (Å²) in [6.45, 7) is 20.0. The second-order valence-electron chi connectivity index (χ2n) is 9.81. The fourth-order valence-electron chi connectivity index (χ4n) is 2.58. The molecule has 0 heterocycles. The number of hydrogen-bond donors (Lipinski definition) is 0. The van der Waals surface area contributed by atoms with Crippen LogP contribution in [-0.4, -0.2) is 18.4 Å². The van der Waals surface area contributed by atoms with Crippen LogP contribution in [0.25, 0.3) is 0 Å². The highest BCUT2D eigenvalue weighted by atomic mass is 35.7. The van der Waals surface area contributed by atoms with Gasteiger partial charge in [-0.05, 0) is 38.7 Å². The predicted molar refractivity (Wildman–Crippen MR) is 110 cm³/mol. The smallest absolute Gasteiger partial charge is 0.491 e. The van der Waals surface area contributed by atoms with Crippen molar-refractivity contribution in [1.82, 2.24) is 0 Å². The third-order valence-corrected chi connectivity index (χ3v) is 6.13. The fraction of sp³-hybridized carbons (Fsp3) is 0.700. The third kappa shape index (κ3) is 6.45. The van der Waals surface area contributed by atoms with Gasteiger partial charge >= 0.3 is 12.3 Å². The van der Waals surface area contributed by atoms with Gasteiger partial charge in [0.05, 0.1) is 6.10 Å². The van der Waals surface area contributed by atoms with Crippen LogP contribution in [0.3, 0.4) is 0 Å². The van der Waals surface area contributed by atoms with E-state index in [-0.39, 0.29) is 22.3 Å². The van der Waals surface area contributed by atoms with Gasteiger partial charge in [-0.3, -0.25) is 0 Å². The molecule has 1 unspecified atom stereocenters. The van der Waals surface area contributed by atoms with Gasteiger partial charge in [-0.15, -0.1) is 0 Å². The number of hydrogen-bond acceptors (Lipinski definition) is 1. The molecule has 0 aliphatic rings. The van der Waals surface area contributed by atoms with Crippen LogP contribution in [0.15, 0.2) is 18.2 Å². The van der Waals surface area contributed by atoms with Gasteiger partial charge in [-0.1, -0.05) is 74.4 Å². The molecule has 0 fully saturated rings. The molecule has 0 N–H and O–H groups in total. The summed E-state index contributed by atoms with van der Waals surface area (Å²) in [6, 6.07) is 6.60. The van der Waals surface area contributed by atoms with Crippen LogP contribution >= 0.6 is 20.1 Å². The monoisotopic (exact) mass is 386 g/mol. The standard InChI is InChI=1S/C20H33O.Al.2ClH/c1-14(18(2,3)4)21-17-12-11-15(19(5,6)7)13-16(17)20(8,9)10;;;/h11-14H,1H2,2-10H3;;2*1H/q;+2;;/p-2. The lowest BCUT2D eigenvalue weighted by atomic mass is 9.80. The van der Waals surface area contributed by atoms with Crippen LogP contribution in [-0.2, 0) is 10.8 Å². The van der Waals surface area contributed by atoms with Gasteiger partial charge in [-0.25, -0.2) is 20.1 Å². The lowest BCUT2D eigenvalue weighted by Gasteiger charge is -2.34. The van der Waals surface area contributed by atoms with Crippen molar-refractivity contribution in [2.75, 3.05) is 0 Å². The summed E-state index contributed by atoms with van der Waals surface area (Å²) in [5.74, 6) is 0.957. The normalized spacial score (nSPS) is 14.5. The van der Waals surface area contributed by atoms with Crippen molar-refractivity contribution < 1.29 is 4.74 Å². The Bertz CT molecular complexity index is 548. The number of halogens is 2. The van der Waals surface area contributed by atoms with E-state index in [1.807, 2.05) is 0 Å². The molecule has 136 valence electrons. The molecule has 0 aromatic heterocycles. The van der Waals surface area contributed by atoms with Crippen molar-refractivity contribution >= 4 is 32.4 Å². The molecule has 0 spiro atoms. The average Bonchev–Trinajstić information content (AvgIpc) is 2.34. The molecule has 0 aliphatic heterocycles. The molecule has 0 saturated heterocycles. The highest BCUT2D eigenvalue weighted by molar-refractivity contribution is 7.33. The Morgan fingerprint density at radius 3 is 1.83 bits per heavy atom. The molecule has 1 aromatic carbocycles. The quantitative estimate of drug-likeness (QED) is 0.504. The molecule has 24 heavy (non-hydrogen) atoms. The zero-order valence-corrected chi connectivity index (χ0v) is 19.4. The maximum absolute atomic E-state index is 6.48. The van der Waals surface area contributed by atoms with Gasteiger partial charge in [0.1, 0.15) is 5.75 Å². The summed E-state index contributed by atoms with van der Waals surface area (Å²) in [5.41, 5.74) is 2.69. The molecule has 1 nitrogen and oxygen atoms in total. The van der Waals surface area contributed by atoms with Crippen molar-refractivity contribution in [3.05, 3.63) is 29.3 Å². The maximum atomic E-state index is 6.48. The average molecular weight is 387 g/mol. The molecule has 0 aliphatic carbocycles. The first-order valence-corrected chi connectivity index (χ1v) is 13.0. The summed E-state index contributed by atoms with van der Waals surface area (Å²) < 4.78 is 6.48. The van der Waals surface area contributed by atoms with Gasteiger partial charge in [-0.2, -0.15) is 0 Å². The van der Waals surface area contributed by atoms with Crippen molar-refractivity contribution in [2.45, 2.75) is 84.5 Å². The number of ether oxygens (including phenoxy) is 1. The van der Waals surface area contributed by atoms with Crippen molar-refractivity contribution in [2.24, 2.45) is 5.41 Å². The second-order valence-corrected chi connectivity index (χ2v) is 14.9. The zero-order valence-electron chi connectivity index (χ0n) is 16.8. The molecule has 0 saturated carbocycles. The minimum Gasteiger partial charge on any atom is -0.491 e. The van der Waals surface area contributed by atoms with Gasteiger partial charge < -0.3 is 4.74 Å². The summed E-state index contributed by atoms with van der Waals surface area (Å²) in [4.78, 5) is 0. The Morgan fingerprint density at radius 1 is 0.917 bits per heavy atom. The predicted octanol–water partition coefficient (Wildman–Crippen LogP) is 7.04. The van der Waals surface area contributed by atoms with Crippen LogP contribution in [0.5, 0.6) is 5.75 Å². The summed E-state index contributed by atoms with van der Waals surface area (Å²) in [5, 5.41) is 0.747. The van der Waals surface area contributed by atoms with E-state index in [1.165, 1.54) is 11.1 Å². The van der Waals surface area contributed by atoms with Gasteiger partial charge in [0.15, 0.2) is 0 Å². The molecule has 0 amide bonds. The van der Waals surface area contributed by atoms with E-state index in [2.05, 4.69) is 80.5 Å². The Morgan fingerprint density at radius 2 is 1.46 bits per heavy atom. The van der Waals surface area contributed by atoms with Crippen LogP contribution in [0.1, 0.15) is 73.4 Å². The molecule has 1 rings (SSSR count). The Labute approximate surface area is 161 Å². The van der Waals surface area contributed by atoms with E-state index in [9.17, 15) is 0 Å². The first-order valence-electron chi connectivity index (χ1n) is 8.72. The van der Waals surface area contributed by atoms with E-state index in [4.69, 9.17) is 24.8 Å². The van der Waals surface area contributed by atoms with E-state index in [0.717, 1.165) is 11.0 Å². The first-order chi connectivity index (χ1) is 10.6. The summed E-state index contributed by atoms with van der Waals surface area (Å²) >= 11 is -1.74. The SMILES string of the molecule is CC(C)(C)c1ccc(OC([CH2][Al]([Cl])[Cl])C(C)(C)C)c(C(C)(C)C)c1. The highest BCUT2D eigenvalue weighted by Crippen LogP contribution is 2.38. The van der Waals surface area contributed by atoms with Crippen molar-refractivity contribution in [3.63, 3.8) is 0 Å². The highest BCUT2D eigenvalue weighted by Gasteiger charge is 2.33. The van der Waals surface area contributed by atoms with Crippen LogP contribution in [0.2, 0.25) is 5.28 Å². The van der Waals surface area contributed by atoms with E-state index in [1.54, 1.807) is 0 Å². The zero-order chi connectivity index (χ0) is 18.9. The fourth-order valence-corrected chi connectivity index (χ4v) is 4.68. The van der Waals surface area contributed by atoms with Crippen LogP contribution in [0, 0.1) is 5.41 Å². The van der Waals surface area contributed by atoms with Gasteiger partial charge in [0.25, 0.3) is 0 Å². The maximum Gasteiger partial charge on any atom is 0.523 e. The van der Waals surface area contributed by atoms with Crippen LogP contribution < -0.4 is 4.74 Å². The molecular formula is C20H33AlCl2O. The lowest BCUT2D eigenvalue weighted by molar-refractivity contribution is 0.101. The minimum atomic E-state index is -1.74. The van der Waals surface area contributed by atoms with E-state index < -0.39 is 12.3 Å².